The highest BCUT2D eigenvalue weighted by molar-refractivity contribution is 14.1. The van der Waals surface area contributed by atoms with Gasteiger partial charge < -0.3 is 4.98 Å². The molecule has 3 rings (SSSR count). The van der Waals surface area contributed by atoms with Gasteiger partial charge in [-0.15, -0.1) is 0 Å². The summed E-state index contributed by atoms with van der Waals surface area (Å²) in [6.45, 7) is 0. The molecule has 102 valence electrons. The lowest BCUT2D eigenvalue weighted by Gasteiger charge is -2.08. The predicted octanol–water partition coefficient (Wildman–Crippen LogP) is 3.52. The SMILES string of the molecule is N#Cc1cccc(-n2c(=S)[nH]c3ccc(I)cc3c2=O)c1. The van der Waals surface area contributed by atoms with Gasteiger partial charge in [0.15, 0.2) is 4.77 Å². The Bertz CT molecular complexity index is 1010. The lowest BCUT2D eigenvalue weighted by molar-refractivity contribution is 0.939. The molecule has 0 spiro atoms. The van der Waals surface area contributed by atoms with Gasteiger partial charge in [-0.25, -0.2) is 0 Å². The Kier molecular flexibility index (Phi) is 3.61. The minimum absolute atomic E-state index is 0.192. The average molecular weight is 405 g/mol. The van der Waals surface area contributed by atoms with Crippen molar-refractivity contribution in [2.75, 3.05) is 0 Å². The molecule has 0 bridgehead atoms. The quantitative estimate of drug-likeness (QED) is 0.498. The van der Waals surface area contributed by atoms with Gasteiger partial charge in [0.2, 0.25) is 0 Å². The van der Waals surface area contributed by atoms with Crippen LogP contribution in [0.15, 0.2) is 47.3 Å². The molecule has 0 unspecified atom stereocenters. The number of H-pyrrole nitrogens is 1. The van der Waals surface area contributed by atoms with Crippen molar-refractivity contribution in [3.63, 3.8) is 0 Å². The van der Waals surface area contributed by atoms with E-state index in [-0.39, 0.29) is 5.56 Å². The van der Waals surface area contributed by atoms with Crippen LogP contribution in [0.3, 0.4) is 0 Å². The first-order chi connectivity index (χ1) is 10.1. The molecule has 1 aromatic heterocycles. The molecule has 3 aromatic rings. The van der Waals surface area contributed by atoms with Crippen molar-refractivity contribution in [1.29, 1.82) is 5.26 Å². The van der Waals surface area contributed by atoms with Crippen LogP contribution in [0.1, 0.15) is 5.56 Å². The number of nitrogens with one attached hydrogen (secondary N) is 1. The number of nitriles is 1. The molecule has 0 aliphatic heterocycles. The average Bonchev–Trinajstić information content (AvgIpc) is 2.48. The Balaban J connectivity index is 2.40. The second-order valence-corrected chi connectivity index (χ2v) is 6.06. The number of nitrogens with zero attached hydrogens (tertiary/aromatic N) is 2. The van der Waals surface area contributed by atoms with Crippen molar-refractivity contribution in [3.8, 4) is 11.8 Å². The molecule has 6 heteroatoms. The second-order valence-electron chi connectivity index (χ2n) is 4.42. The van der Waals surface area contributed by atoms with E-state index in [0.717, 1.165) is 3.57 Å². The minimum Gasteiger partial charge on any atom is -0.331 e. The summed E-state index contributed by atoms with van der Waals surface area (Å²) in [5, 5.41) is 9.55. The number of aromatic nitrogens is 2. The minimum atomic E-state index is -0.192. The molecular weight excluding hydrogens is 397 g/mol. The number of hydrogen-bond donors (Lipinski definition) is 1. The van der Waals surface area contributed by atoms with E-state index in [4.69, 9.17) is 17.5 Å². The van der Waals surface area contributed by atoms with Crippen LogP contribution in [0.2, 0.25) is 0 Å². The second kappa shape index (κ2) is 5.42. The zero-order valence-corrected chi connectivity index (χ0v) is 13.6. The molecule has 0 saturated carbocycles. The molecular formula is C15H8IN3OS. The maximum absolute atomic E-state index is 12.7. The Morgan fingerprint density at radius 2 is 2.05 bits per heavy atom. The smallest absolute Gasteiger partial charge is 0.266 e. The van der Waals surface area contributed by atoms with E-state index in [1.54, 1.807) is 24.3 Å². The van der Waals surface area contributed by atoms with E-state index in [0.29, 0.717) is 26.9 Å². The maximum Gasteiger partial charge on any atom is 0.266 e. The van der Waals surface area contributed by atoms with Gasteiger partial charge in [-0.1, -0.05) is 6.07 Å². The summed E-state index contributed by atoms with van der Waals surface area (Å²) in [6.07, 6.45) is 0. The van der Waals surface area contributed by atoms with E-state index in [1.165, 1.54) is 4.57 Å². The number of benzene rings is 2. The number of hydrogen-bond acceptors (Lipinski definition) is 3. The predicted molar refractivity (Wildman–Crippen MR) is 92.2 cm³/mol. The van der Waals surface area contributed by atoms with E-state index < -0.39 is 0 Å². The maximum atomic E-state index is 12.7. The summed E-state index contributed by atoms with van der Waals surface area (Å²) in [6, 6.07) is 14.4. The molecule has 0 amide bonds. The first-order valence-corrected chi connectivity index (χ1v) is 7.54. The normalized spacial score (nSPS) is 10.5. The summed E-state index contributed by atoms with van der Waals surface area (Å²) < 4.78 is 2.69. The van der Waals surface area contributed by atoms with Crippen molar-refractivity contribution in [2.24, 2.45) is 0 Å². The molecule has 0 saturated heterocycles. The zero-order valence-electron chi connectivity index (χ0n) is 10.6. The Labute approximate surface area is 138 Å². The van der Waals surface area contributed by atoms with Gasteiger partial charge >= 0.3 is 0 Å². The van der Waals surface area contributed by atoms with E-state index in [9.17, 15) is 4.79 Å². The summed E-state index contributed by atoms with van der Waals surface area (Å²) in [5.41, 5.74) is 1.58. The topological polar surface area (TPSA) is 61.6 Å². The van der Waals surface area contributed by atoms with Gasteiger partial charge in [0.05, 0.1) is 28.2 Å². The van der Waals surface area contributed by atoms with Crippen LogP contribution in [-0.2, 0) is 0 Å². The van der Waals surface area contributed by atoms with Crippen LogP contribution in [-0.4, -0.2) is 9.55 Å². The monoisotopic (exact) mass is 405 g/mol. The van der Waals surface area contributed by atoms with Crippen LogP contribution in [0.4, 0.5) is 0 Å². The van der Waals surface area contributed by atoms with Crippen molar-refractivity contribution in [3.05, 3.63) is 66.7 Å². The van der Waals surface area contributed by atoms with Gasteiger partial charge in [-0.2, -0.15) is 5.26 Å². The standard InChI is InChI=1S/C15H8IN3OS/c16-10-4-5-13-12(7-10)14(20)19(15(21)18-13)11-3-1-2-9(6-11)8-17/h1-7H,(H,18,21). The molecule has 0 radical (unpaired) electrons. The van der Waals surface area contributed by atoms with E-state index in [1.807, 2.05) is 18.2 Å². The first kappa shape index (κ1) is 14.0. The Hall–Kier alpha value is -1.98. The van der Waals surface area contributed by atoms with Crippen molar-refractivity contribution in [1.82, 2.24) is 9.55 Å². The highest BCUT2D eigenvalue weighted by atomic mass is 127. The van der Waals surface area contributed by atoms with E-state index in [2.05, 4.69) is 33.6 Å². The van der Waals surface area contributed by atoms with Gasteiger partial charge in [-0.3, -0.25) is 9.36 Å². The highest BCUT2D eigenvalue weighted by Gasteiger charge is 2.08. The third-order valence-electron chi connectivity index (χ3n) is 3.09. The van der Waals surface area contributed by atoms with Gasteiger partial charge in [0.25, 0.3) is 5.56 Å². The van der Waals surface area contributed by atoms with Crippen LogP contribution >= 0.6 is 34.8 Å². The summed E-state index contributed by atoms with van der Waals surface area (Å²) in [5.74, 6) is 0. The fourth-order valence-electron chi connectivity index (χ4n) is 2.14. The summed E-state index contributed by atoms with van der Waals surface area (Å²) in [4.78, 5) is 15.7. The van der Waals surface area contributed by atoms with Crippen LogP contribution in [0.5, 0.6) is 0 Å². The molecule has 2 aromatic carbocycles. The highest BCUT2D eigenvalue weighted by Crippen LogP contribution is 2.15. The number of fused-ring (bicyclic) bond motifs is 1. The van der Waals surface area contributed by atoms with Crippen LogP contribution in [0.25, 0.3) is 16.6 Å². The van der Waals surface area contributed by atoms with Gasteiger partial charge in [-0.05, 0) is 71.2 Å². The molecule has 4 nitrogen and oxygen atoms in total. The van der Waals surface area contributed by atoms with Gasteiger partial charge in [0, 0.05) is 3.57 Å². The van der Waals surface area contributed by atoms with Crippen LogP contribution in [0, 0.1) is 19.7 Å². The van der Waals surface area contributed by atoms with Crippen molar-refractivity contribution in [2.45, 2.75) is 0 Å². The fourth-order valence-corrected chi connectivity index (χ4v) is 2.92. The molecule has 1 heterocycles. The van der Waals surface area contributed by atoms with Crippen molar-refractivity contribution >= 4 is 45.7 Å². The fraction of sp³-hybridized carbons (Fsp3) is 0. The van der Waals surface area contributed by atoms with Gasteiger partial charge in [0.1, 0.15) is 0 Å². The zero-order chi connectivity index (χ0) is 15.0. The Morgan fingerprint density at radius 3 is 2.81 bits per heavy atom. The van der Waals surface area contributed by atoms with Crippen LogP contribution < -0.4 is 5.56 Å². The molecule has 0 atom stereocenters. The molecule has 1 N–H and O–H groups in total. The molecule has 0 fully saturated rings. The third kappa shape index (κ3) is 2.50. The largest absolute Gasteiger partial charge is 0.331 e. The molecule has 0 aliphatic rings. The Morgan fingerprint density at radius 1 is 1.24 bits per heavy atom. The number of aromatic amines is 1. The lowest BCUT2D eigenvalue weighted by atomic mass is 10.2. The van der Waals surface area contributed by atoms with E-state index >= 15 is 0 Å². The molecule has 0 aliphatic carbocycles. The summed E-state index contributed by atoms with van der Waals surface area (Å²) >= 11 is 7.44. The van der Waals surface area contributed by atoms with Crippen molar-refractivity contribution < 1.29 is 0 Å². The molecule has 21 heavy (non-hydrogen) atoms. The summed E-state index contributed by atoms with van der Waals surface area (Å²) in [7, 11) is 0. The lowest BCUT2D eigenvalue weighted by Crippen LogP contribution is -2.20. The number of rotatable bonds is 1. The number of halogens is 1. The first-order valence-electron chi connectivity index (χ1n) is 6.05. The third-order valence-corrected chi connectivity index (χ3v) is 4.05.